The molecule has 1 heterocycles. The molecule has 0 saturated carbocycles. The third-order valence-corrected chi connectivity index (χ3v) is 3.05. The highest BCUT2D eigenvalue weighted by Gasteiger charge is 2.16. The molecule has 0 bridgehead atoms. The summed E-state index contributed by atoms with van der Waals surface area (Å²) in [6.45, 7) is 5.08. The Hall–Kier alpha value is -2.38. The van der Waals surface area contributed by atoms with E-state index in [9.17, 15) is 14.4 Å². The number of carbonyl (C=O) groups is 1. The molecule has 122 valence electrons. The molecular weight excluding hydrogens is 288 g/mol. The molecule has 8 heteroatoms. The quantitative estimate of drug-likeness (QED) is 0.610. The molecule has 0 radical (unpaired) electrons. The lowest BCUT2D eigenvalue weighted by Crippen LogP contribution is -2.41. The first kappa shape index (κ1) is 17.7. The van der Waals surface area contributed by atoms with Crippen LogP contribution in [0.2, 0.25) is 0 Å². The van der Waals surface area contributed by atoms with E-state index in [1.807, 2.05) is 0 Å². The Bertz CT molecular complexity index is 685. The second-order valence-corrected chi connectivity index (χ2v) is 4.96. The van der Waals surface area contributed by atoms with Crippen LogP contribution in [0.3, 0.4) is 0 Å². The van der Waals surface area contributed by atoms with E-state index in [0.717, 1.165) is 4.57 Å². The Morgan fingerprint density at radius 1 is 1.41 bits per heavy atom. The average molecular weight is 310 g/mol. The van der Waals surface area contributed by atoms with Crippen molar-refractivity contribution in [3.63, 3.8) is 0 Å². The SMILES string of the molecule is C/C=N\c1c(NC)c(=O)n(CCOC(=O)C(C)C)c(=O)n1C. The van der Waals surface area contributed by atoms with Crippen LogP contribution in [-0.4, -0.2) is 35.0 Å². The lowest BCUT2D eigenvalue weighted by atomic mass is 10.2. The summed E-state index contributed by atoms with van der Waals surface area (Å²) in [6, 6.07) is 0. The van der Waals surface area contributed by atoms with Gasteiger partial charge in [0.1, 0.15) is 12.3 Å². The standard InChI is InChI=1S/C14H22N4O4/c1-6-16-11-10(15-4)12(19)18(14(21)17(11)5)7-8-22-13(20)9(2)3/h6,9,15H,7-8H2,1-5H3/b16-6-. The zero-order valence-corrected chi connectivity index (χ0v) is 13.5. The van der Waals surface area contributed by atoms with E-state index in [4.69, 9.17) is 4.74 Å². The highest BCUT2D eigenvalue weighted by Crippen LogP contribution is 2.16. The maximum atomic E-state index is 12.4. The lowest BCUT2D eigenvalue weighted by Gasteiger charge is -2.14. The fraction of sp³-hybridized carbons (Fsp3) is 0.571. The Balaban J connectivity index is 3.17. The predicted octanol–water partition coefficient (Wildman–Crippen LogP) is 0.510. The maximum absolute atomic E-state index is 12.4. The highest BCUT2D eigenvalue weighted by atomic mass is 16.5. The number of anilines is 1. The monoisotopic (exact) mass is 310 g/mol. The molecule has 0 aliphatic heterocycles. The zero-order valence-electron chi connectivity index (χ0n) is 13.5. The van der Waals surface area contributed by atoms with Crippen LogP contribution in [0.25, 0.3) is 0 Å². The molecule has 0 atom stereocenters. The van der Waals surface area contributed by atoms with Gasteiger partial charge in [-0.1, -0.05) is 13.8 Å². The third-order valence-electron chi connectivity index (χ3n) is 3.05. The van der Waals surface area contributed by atoms with Crippen molar-refractivity contribution in [3.8, 4) is 0 Å². The van der Waals surface area contributed by atoms with Crippen LogP contribution in [0, 0.1) is 5.92 Å². The molecule has 0 fully saturated rings. The number of esters is 1. The Morgan fingerprint density at radius 3 is 2.55 bits per heavy atom. The fourth-order valence-electron chi connectivity index (χ4n) is 1.85. The molecule has 1 N–H and O–H groups in total. The molecule has 8 nitrogen and oxygen atoms in total. The Labute approximate surface area is 128 Å². The molecule has 0 amide bonds. The molecule has 0 aliphatic carbocycles. The summed E-state index contributed by atoms with van der Waals surface area (Å²) in [7, 11) is 3.11. The van der Waals surface area contributed by atoms with E-state index < -0.39 is 11.2 Å². The van der Waals surface area contributed by atoms with Gasteiger partial charge < -0.3 is 10.1 Å². The van der Waals surface area contributed by atoms with Crippen molar-refractivity contribution in [2.24, 2.45) is 18.0 Å². The highest BCUT2D eigenvalue weighted by molar-refractivity contribution is 5.71. The van der Waals surface area contributed by atoms with Gasteiger partial charge in [0.15, 0.2) is 5.82 Å². The first-order valence-electron chi connectivity index (χ1n) is 7.02. The molecule has 0 aliphatic rings. The van der Waals surface area contributed by atoms with E-state index in [2.05, 4.69) is 10.3 Å². The largest absolute Gasteiger partial charge is 0.464 e. The lowest BCUT2D eigenvalue weighted by molar-refractivity contribution is -0.147. The van der Waals surface area contributed by atoms with E-state index in [1.165, 1.54) is 17.8 Å². The van der Waals surface area contributed by atoms with Gasteiger partial charge in [0.25, 0.3) is 5.56 Å². The number of hydrogen-bond acceptors (Lipinski definition) is 6. The van der Waals surface area contributed by atoms with Crippen LogP contribution in [0.5, 0.6) is 0 Å². The molecule has 0 unspecified atom stereocenters. The van der Waals surface area contributed by atoms with Crippen LogP contribution >= 0.6 is 0 Å². The van der Waals surface area contributed by atoms with Crippen LogP contribution in [-0.2, 0) is 23.1 Å². The molecule has 0 aromatic carbocycles. The summed E-state index contributed by atoms with van der Waals surface area (Å²) in [5.74, 6) is -0.366. The van der Waals surface area contributed by atoms with Crippen molar-refractivity contribution in [1.29, 1.82) is 0 Å². The number of aliphatic imine (C=N–C) groups is 1. The molecule has 1 aromatic heterocycles. The van der Waals surface area contributed by atoms with Crippen molar-refractivity contribution < 1.29 is 9.53 Å². The zero-order chi connectivity index (χ0) is 16.9. The van der Waals surface area contributed by atoms with Crippen molar-refractivity contribution in [1.82, 2.24) is 9.13 Å². The minimum absolute atomic E-state index is 0.00519. The molecular formula is C14H22N4O4. The van der Waals surface area contributed by atoms with E-state index in [0.29, 0.717) is 0 Å². The summed E-state index contributed by atoms with van der Waals surface area (Å²) in [4.78, 5) is 40.1. The minimum atomic E-state index is -0.509. The van der Waals surface area contributed by atoms with Crippen LogP contribution in [0.4, 0.5) is 11.5 Å². The number of hydrogen-bond donors (Lipinski definition) is 1. The van der Waals surface area contributed by atoms with Crippen LogP contribution < -0.4 is 16.6 Å². The van der Waals surface area contributed by atoms with Crippen LogP contribution in [0.15, 0.2) is 14.6 Å². The number of ether oxygens (including phenoxy) is 1. The van der Waals surface area contributed by atoms with Gasteiger partial charge in [-0.15, -0.1) is 0 Å². The average Bonchev–Trinajstić information content (AvgIpc) is 2.48. The predicted molar refractivity (Wildman–Crippen MR) is 85.1 cm³/mol. The van der Waals surface area contributed by atoms with Crippen molar-refractivity contribution in [2.75, 3.05) is 19.0 Å². The minimum Gasteiger partial charge on any atom is -0.464 e. The number of nitrogens with one attached hydrogen (secondary N) is 1. The number of aromatic nitrogens is 2. The first-order chi connectivity index (χ1) is 10.3. The topological polar surface area (TPSA) is 94.7 Å². The Morgan fingerprint density at radius 2 is 2.05 bits per heavy atom. The maximum Gasteiger partial charge on any atom is 0.332 e. The van der Waals surface area contributed by atoms with Gasteiger partial charge in [-0.3, -0.25) is 18.7 Å². The molecule has 22 heavy (non-hydrogen) atoms. The Kier molecular flexibility index (Phi) is 6.09. The number of nitrogens with zero attached hydrogens (tertiary/aromatic N) is 3. The van der Waals surface area contributed by atoms with Gasteiger partial charge in [0, 0.05) is 20.3 Å². The molecule has 1 aromatic rings. The van der Waals surface area contributed by atoms with Gasteiger partial charge in [-0.05, 0) is 6.92 Å². The van der Waals surface area contributed by atoms with Crippen molar-refractivity contribution >= 4 is 23.7 Å². The summed E-state index contributed by atoms with van der Waals surface area (Å²) < 4.78 is 7.31. The second kappa shape index (κ2) is 7.58. The van der Waals surface area contributed by atoms with Gasteiger partial charge in [0.2, 0.25) is 0 Å². The summed E-state index contributed by atoms with van der Waals surface area (Å²) in [6.07, 6.45) is 1.50. The smallest absolute Gasteiger partial charge is 0.332 e. The van der Waals surface area contributed by atoms with Gasteiger partial charge >= 0.3 is 11.7 Å². The van der Waals surface area contributed by atoms with Gasteiger partial charge in [-0.25, -0.2) is 9.79 Å². The van der Waals surface area contributed by atoms with E-state index in [1.54, 1.807) is 27.8 Å². The van der Waals surface area contributed by atoms with E-state index in [-0.39, 0.29) is 36.5 Å². The van der Waals surface area contributed by atoms with Crippen molar-refractivity contribution in [2.45, 2.75) is 27.3 Å². The normalized spacial score (nSPS) is 11.2. The van der Waals surface area contributed by atoms with E-state index >= 15 is 0 Å². The second-order valence-electron chi connectivity index (χ2n) is 4.96. The molecule has 1 rings (SSSR count). The first-order valence-corrected chi connectivity index (χ1v) is 7.02. The van der Waals surface area contributed by atoms with Crippen molar-refractivity contribution in [3.05, 3.63) is 20.8 Å². The number of carbonyl (C=O) groups excluding carboxylic acids is 1. The van der Waals surface area contributed by atoms with Gasteiger partial charge in [-0.2, -0.15) is 0 Å². The molecule has 0 saturated heterocycles. The molecule has 0 spiro atoms. The fourth-order valence-corrected chi connectivity index (χ4v) is 1.85. The van der Waals surface area contributed by atoms with Crippen LogP contribution in [0.1, 0.15) is 20.8 Å². The third kappa shape index (κ3) is 3.63. The summed E-state index contributed by atoms with van der Waals surface area (Å²) in [5, 5.41) is 2.76. The van der Waals surface area contributed by atoms with Gasteiger partial charge in [0.05, 0.1) is 12.5 Å². The summed E-state index contributed by atoms with van der Waals surface area (Å²) in [5.41, 5.74) is -0.785. The number of rotatable bonds is 6. The summed E-state index contributed by atoms with van der Waals surface area (Å²) >= 11 is 0.